The van der Waals surface area contributed by atoms with Gasteiger partial charge in [-0.3, -0.25) is 24.0 Å². The quantitative estimate of drug-likeness (QED) is 0.0878. The number of carboxylic acid groups (broad SMARTS) is 5. The van der Waals surface area contributed by atoms with Crippen molar-refractivity contribution in [1.82, 2.24) is 0 Å². The van der Waals surface area contributed by atoms with Crippen molar-refractivity contribution in [3.05, 3.63) is 108 Å². The Morgan fingerprint density at radius 3 is 0.945 bits per heavy atom. The summed E-state index contributed by atoms with van der Waals surface area (Å²) in [6.07, 6.45) is 2.90. The van der Waals surface area contributed by atoms with Crippen LogP contribution < -0.4 is 0 Å². The Hall–Kier alpha value is -2.24. The van der Waals surface area contributed by atoms with E-state index in [-0.39, 0.29) is 102 Å². The van der Waals surface area contributed by atoms with Crippen molar-refractivity contribution in [2.45, 2.75) is 85.0 Å². The molecule has 0 bridgehead atoms. The van der Waals surface area contributed by atoms with Crippen molar-refractivity contribution in [2.75, 3.05) is 0 Å². The SMILES string of the molecule is CCC(CC(C)C(=O)O)c1ccccc1.CCC(c1ccccc1)C(C(=O)O)C(C)C(=O)O.CCC(c1ccccc1)C(C(=O)O)C(C)C(=O)O.[W].[W].[W].[W]. The minimum atomic E-state index is -1.07. The minimum Gasteiger partial charge on any atom is -0.481 e. The molecule has 5 N–H and O–H groups in total. The number of aliphatic carboxylic acids is 5. The first-order valence-electron chi connectivity index (χ1n) is 17.4. The van der Waals surface area contributed by atoms with Gasteiger partial charge in [0.15, 0.2) is 0 Å². The second kappa shape index (κ2) is 31.8. The van der Waals surface area contributed by atoms with Gasteiger partial charge in [-0.2, -0.15) is 0 Å². The molecule has 0 amide bonds. The van der Waals surface area contributed by atoms with Crippen molar-refractivity contribution in [3.63, 3.8) is 0 Å². The standard InChI is InChI=1S/2C14H18O4.C13H18O2.4W/c2*1-3-11(10-7-5-4-6-8-10)12(14(17)18)9(2)13(15)16;1-3-11(9-10(2)13(14)15)12-7-5-4-6-8-12;;;;/h2*4-9,11-12H,3H2,1-2H3,(H,15,16)(H,17,18);4-8,10-11H,3,9H2,1-2H3,(H,14,15);;;;. The predicted octanol–water partition coefficient (Wildman–Crippen LogP) is 8.48. The molecule has 0 fully saturated rings. The van der Waals surface area contributed by atoms with E-state index in [1.807, 2.05) is 92.7 Å². The van der Waals surface area contributed by atoms with E-state index in [4.69, 9.17) is 15.3 Å². The Bertz CT molecular complexity index is 1430. The van der Waals surface area contributed by atoms with E-state index < -0.39 is 53.5 Å². The van der Waals surface area contributed by atoms with Gasteiger partial charge in [0.2, 0.25) is 0 Å². The molecule has 0 aliphatic carbocycles. The van der Waals surface area contributed by atoms with Gasteiger partial charge >= 0.3 is 29.8 Å². The molecule has 10 nitrogen and oxygen atoms in total. The van der Waals surface area contributed by atoms with Gasteiger partial charge in [-0.05, 0) is 60.1 Å². The summed E-state index contributed by atoms with van der Waals surface area (Å²) in [6.45, 7) is 10.5. The Morgan fingerprint density at radius 1 is 0.436 bits per heavy atom. The van der Waals surface area contributed by atoms with Crippen molar-refractivity contribution in [2.24, 2.45) is 29.6 Å². The van der Waals surface area contributed by atoms with Crippen LogP contribution >= 0.6 is 0 Å². The van der Waals surface area contributed by atoms with Crippen LogP contribution in [0.4, 0.5) is 0 Å². The van der Waals surface area contributed by atoms with E-state index >= 15 is 0 Å². The first kappa shape index (κ1) is 59.5. The first-order valence-corrected chi connectivity index (χ1v) is 17.4. The molecule has 0 aliphatic heterocycles. The van der Waals surface area contributed by atoms with Crippen LogP contribution in [0.5, 0.6) is 0 Å². The molecular formula is C41H54O10W4. The fourth-order valence-corrected chi connectivity index (χ4v) is 6.36. The molecule has 0 saturated carbocycles. The van der Waals surface area contributed by atoms with Crippen LogP contribution in [0.25, 0.3) is 0 Å². The second-order valence-electron chi connectivity index (χ2n) is 12.8. The fraction of sp³-hybridized carbons (Fsp3) is 0.439. The molecule has 302 valence electrons. The van der Waals surface area contributed by atoms with E-state index in [0.29, 0.717) is 18.8 Å². The molecule has 0 aromatic heterocycles. The van der Waals surface area contributed by atoms with Gasteiger partial charge < -0.3 is 25.5 Å². The Balaban J connectivity index is -0.000000344. The molecular weight excluding hydrogens is 1390 g/mol. The van der Waals surface area contributed by atoms with Gasteiger partial charge in [-0.1, -0.05) is 133 Å². The molecule has 0 heterocycles. The summed E-state index contributed by atoms with van der Waals surface area (Å²) in [6, 6.07) is 28.6. The molecule has 55 heavy (non-hydrogen) atoms. The maximum Gasteiger partial charge on any atom is 0.307 e. The summed E-state index contributed by atoms with van der Waals surface area (Å²) in [5.41, 5.74) is 2.99. The van der Waals surface area contributed by atoms with E-state index in [1.54, 1.807) is 6.92 Å². The smallest absolute Gasteiger partial charge is 0.307 e. The van der Waals surface area contributed by atoms with Gasteiger partial charge in [-0.25, -0.2) is 0 Å². The van der Waals surface area contributed by atoms with Gasteiger partial charge in [0.25, 0.3) is 0 Å². The zero-order valence-corrected chi connectivity index (χ0v) is 43.8. The van der Waals surface area contributed by atoms with Crippen molar-refractivity contribution in [1.29, 1.82) is 0 Å². The molecule has 0 radical (unpaired) electrons. The van der Waals surface area contributed by atoms with Crippen LogP contribution in [0.3, 0.4) is 0 Å². The van der Waals surface area contributed by atoms with Crippen LogP contribution in [0.2, 0.25) is 0 Å². The third-order valence-electron chi connectivity index (χ3n) is 9.45. The predicted molar refractivity (Wildman–Crippen MR) is 196 cm³/mol. The molecule has 3 aromatic carbocycles. The van der Waals surface area contributed by atoms with Crippen LogP contribution in [0, 0.1) is 29.6 Å². The summed E-state index contributed by atoms with van der Waals surface area (Å²) in [5, 5.41) is 45.5. The van der Waals surface area contributed by atoms with E-state index in [1.165, 1.54) is 19.4 Å². The zero-order valence-electron chi connectivity index (χ0n) is 32.0. The van der Waals surface area contributed by atoms with Crippen molar-refractivity contribution in [3.8, 4) is 0 Å². The van der Waals surface area contributed by atoms with Crippen LogP contribution in [-0.2, 0) is 108 Å². The van der Waals surface area contributed by atoms with E-state index in [9.17, 15) is 34.2 Å². The maximum absolute atomic E-state index is 11.4. The van der Waals surface area contributed by atoms with Crippen LogP contribution in [0.1, 0.15) is 102 Å². The molecule has 0 saturated heterocycles. The molecule has 3 aromatic rings. The normalized spacial score (nSPS) is 14.2. The van der Waals surface area contributed by atoms with Gasteiger partial charge in [0.05, 0.1) is 29.6 Å². The molecule has 14 heteroatoms. The Labute approximate surface area is 382 Å². The van der Waals surface area contributed by atoms with Gasteiger partial charge in [-0.15, -0.1) is 0 Å². The molecule has 0 spiro atoms. The number of carboxylic acids is 5. The zero-order chi connectivity index (χ0) is 38.7. The molecule has 3 rings (SSSR count). The summed E-state index contributed by atoms with van der Waals surface area (Å²) in [7, 11) is 0. The van der Waals surface area contributed by atoms with Gasteiger partial charge in [0, 0.05) is 84.3 Å². The number of hydrogen-bond acceptors (Lipinski definition) is 5. The largest absolute Gasteiger partial charge is 0.481 e. The third-order valence-corrected chi connectivity index (χ3v) is 9.45. The number of rotatable bonds is 17. The van der Waals surface area contributed by atoms with Gasteiger partial charge in [0.1, 0.15) is 0 Å². The Morgan fingerprint density at radius 2 is 0.727 bits per heavy atom. The first-order chi connectivity index (χ1) is 24.1. The topological polar surface area (TPSA) is 186 Å². The number of carbonyl (C=O) groups is 5. The summed E-state index contributed by atoms with van der Waals surface area (Å²) in [5.74, 6) is -9.07. The average Bonchev–Trinajstić information content (AvgIpc) is 3.12. The summed E-state index contributed by atoms with van der Waals surface area (Å²) < 4.78 is 0. The fourth-order valence-electron chi connectivity index (χ4n) is 6.36. The minimum absolute atomic E-state index is 0. The summed E-state index contributed by atoms with van der Waals surface area (Å²) >= 11 is 0. The number of benzene rings is 3. The van der Waals surface area contributed by atoms with E-state index in [2.05, 4.69) is 19.1 Å². The van der Waals surface area contributed by atoms with Crippen molar-refractivity contribution >= 4 is 29.8 Å². The molecule has 8 unspecified atom stereocenters. The Kier molecular flexibility index (Phi) is 34.4. The van der Waals surface area contributed by atoms with E-state index in [0.717, 1.165) is 24.0 Å². The monoisotopic (exact) mass is 1440 g/mol. The molecule has 0 aliphatic rings. The van der Waals surface area contributed by atoms with Crippen LogP contribution in [0.15, 0.2) is 91.0 Å². The van der Waals surface area contributed by atoms with Crippen molar-refractivity contribution < 1.29 is 134 Å². The maximum atomic E-state index is 11.4. The second-order valence-corrected chi connectivity index (χ2v) is 12.8. The average molecular weight is 1440 g/mol. The third kappa shape index (κ3) is 20.1. The molecule has 8 atom stereocenters. The van der Waals surface area contributed by atoms with Crippen LogP contribution in [-0.4, -0.2) is 55.4 Å². The number of hydrogen-bond donors (Lipinski definition) is 5. The summed E-state index contributed by atoms with van der Waals surface area (Å²) in [4.78, 5) is 55.6.